The average Bonchev–Trinajstić information content (AvgIpc) is 2.32. The SMILES string of the molecule is C[SiH](C)OC(CC(C)(C)C)N(C(=O)CCN)C(CC(C)(C)C)O[SiH](C)C. The summed E-state index contributed by atoms with van der Waals surface area (Å²) in [6, 6.07) is 0. The van der Waals surface area contributed by atoms with Crippen molar-refractivity contribution in [2.45, 2.75) is 99.4 Å². The highest BCUT2D eigenvalue weighted by Gasteiger charge is 2.36. The Kier molecular flexibility index (Phi) is 10.9. The van der Waals surface area contributed by atoms with E-state index in [0.717, 1.165) is 12.8 Å². The molecule has 0 aliphatic carbocycles. The van der Waals surface area contributed by atoms with Crippen molar-refractivity contribution >= 4 is 24.0 Å². The molecule has 0 heterocycles. The van der Waals surface area contributed by atoms with Gasteiger partial charge < -0.3 is 14.6 Å². The lowest BCUT2D eigenvalue weighted by atomic mass is 9.89. The van der Waals surface area contributed by atoms with Gasteiger partial charge in [-0.15, -0.1) is 0 Å². The van der Waals surface area contributed by atoms with Crippen LogP contribution in [0.3, 0.4) is 0 Å². The molecule has 0 aliphatic heterocycles. The molecule has 26 heavy (non-hydrogen) atoms. The lowest BCUT2D eigenvalue weighted by molar-refractivity contribution is -0.160. The smallest absolute Gasteiger partial charge is 0.227 e. The second kappa shape index (κ2) is 10.9. The highest BCUT2D eigenvalue weighted by Crippen LogP contribution is 2.31. The van der Waals surface area contributed by atoms with Gasteiger partial charge in [0.2, 0.25) is 5.91 Å². The van der Waals surface area contributed by atoms with E-state index < -0.39 is 18.1 Å². The van der Waals surface area contributed by atoms with E-state index in [9.17, 15) is 4.79 Å². The van der Waals surface area contributed by atoms with Gasteiger partial charge in [0, 0.05) is 13.0 Å². The van der Waals surface area contributed by atoms with Gasteiger partial charge in [0.25, 0.3) is 0 Å². The molecule has 0 saturated heterocycles. The Bertz CT molecular complexity index is 388. The molecule has 156 valence electrons. The summed E-state index contributed by atoms with van der Waals surface area (Å²) in [4.78, 5) is 15.0. The Morgan fingerprint density at radius 3 is 1.46 bits per heavy atom. The second-order valence-electron chi connectivity index (χ2n) is 10.1. The third kappa shape index (κ3) is 11.5. The monoisotopic (exact) mass is 404 g/mol. The quantitative estimate of drug-likeness (QED) is 0.445. The molecule has 0 aromatic carbocycles. The molecule has 2 N–H and O–H groups in total. The summed E-state index contributed by atoms with van der Waals surface area (Å²) in [5, 5.41) is 0. The molecule has 0 bridgehead atoms. The van der Waals surface area contributed by atoms with Crippen LogP contribution in [0.15, 0.2) is 0 Å². The minimum atomic E-state index is -1.33. The molecular weight excluding hydrogens is 360 g/mol. The predicted octanol–water partition coefficient (Wildman–Crippen LogP) is 3.69. The van der Waals surface area contributed by atoms with E-state index in [1.54, 1.807) is 0 Å². The molecular formula is C19H44N2O3Si2. The van der Waals surface area contributed by atoms with Crippen LogP contribution < -0.4 is 5.73 Å². The number of nitrogens with zero attached hydrogens (tertiary/aromatic N) is 1. The topological polar surface area (TPSA) is 64.8 Å². The van der Waals surface area contributed by atoms with E-state index in [0.29, 0.717) is 13.0 Å². The molecule has 0 fully saturated rings. The fourth-order valence-electron chi connectivity index (χ4n) is 2.86. The van der Waals surface area contributed by atoms with Crippen molar-refractivity contribution in [3.8, 4) is 0 Å². The first-order chi connectivity index (χ1) is 11.7. The van der Waals surface area contributed by atoms with E-state index in [-0.39, 0.29) is 29.2 Å². The van der Waals surface area contributed by atoms with Gasteiger partial charge in [-0.05, 0) is 49.9 Å². The highest BCUT2D eigenvalue weighted by molar-refractivity contribution is 6.48. The molecule has 5 nitrogen and oxygen atoms in total. The van der Waals surface area contributed by atoms with Crippen molar-refractivity contribution in [1.82, 2.24) is 4.90 Å². The van der Waals surface area contributed by atoms with E-state index >= 15 is 0 Å². The first-order valence-corrected chi connectivity index (χ1v) is 15.5. The third-order valence-electron chi connectivity index (χ3n) is 3.70. The first-order valence-electron chi connectivity index (χ1n) is 9.98. The van der Waals surface area contributed by atoms with Crippen LogP contribution >= 0.6 is 0 Å². The number of rotatable bonds is 10. The number of nitrogens with two attached hydrogens (primary N) is 1. The minimum Gasteiger partial charge on any atom is -0.401 e. The van der Waals surface area contributed by atoms with Gasteiger partial charge in [0.15, 0.2) is 18.1 Å². The van der Waals surface area contributed by atoms with Crippen molar-refractivity contribution in [2.75, 3.05) is 6.54 Å². The Balaban J connectivity index is 5.93. The zero-order chi connectivity index (χ0) is 20.7. The lowest BCUT2D eigenvalue weighted by Gasteiger charge is -2.43. The number of hydrogen-bond acceptors (Lipinski definition) is 4. The van der Waals surface area contributed by atoms with Crippen molar-refractivity contribution in [1.29, 1.82) is 0 Å². The predicted molar refractivity (Wildman–Crippen MR) is 116 cm³/mol. The summed E-state index contributed by atoms with van der Waals surface area (Å²) in [6.45, 7) is 22.1. The molecule has 2 unspecified atom stereocenters. The molecule has 0 spiro atoms. The molecule has 1 amide bonds. The zero-order valence-electron chi connectivity index (χ0n) is 18.9. The highest BCUT2D eigenvalue weighted by atomic mass is 28.3. The maximum absolute atomic E-state index is 13.1. The molecule has 0 aliphatic rings. The van der Waals surface area contributed by atoms with Crippen LogP contribution in [-0.2, 0) is 13.6 Å². The van der Waals surface area contributed by atoms with Gasteiger partial charge >= 0.3 is 0 Å². The summed E-state index contributed by atoms with van der Waals surface area (Å²) >= 11 is 0. The van der Waals surface area contributed by atoms with Gasteiger partial charge in [-0.3, -0.25) is 9.69 Å². The molecule has 2 atom stereocenters. The van der Waals surface area contributed by atoms with Crippen molar-refractivity contribution in [3.05, 3.63) is 0 Å². The molecule has 0 aromatic rings. The standard InChI is InChI=1S/C19H44N2O3Si2/c1-18(2,3)13-16(23-25(7)8)21(15(22)11-12-20)17(24-26(9)10)14-19(4,5)6/h16-17,25-26H,11-14,20H2,1-10H3. The summed E-state index contributed by atoms with van der Waals surface area (Å²) in [5.74, 6) is 0.0419. The van der Waals surface area contributed by atoms with Gasteiger partial charge in [-0.2, -0.15) is 0 Å². The maximum Gasteiger partial charge on any atom is 0.227 e. The minimum absolute atomic E-state index is 0.0419. The normalized spacial score (nSPS) is 15.4. The van der Waals surface area contributed by atoms with Crippen molar-refractivity contribution < 1.29 is 13.6 Å². The molecule has 0 aromatic heterocycles. The van der Waals surface area contributed by atoms with Gasteiger partial charge in [-0.25, -0.2) is 0 Å². The van der Waals surface area contributed by atoms with E-state index in [1.165, 1.54) is 0 Å². The molecule has 0 saturated carbocycles. The first kappa shape index (κ1) is 25.8. The zero-order valence-corrected chi connectivity index (χ0v) is 21.2. The summed E-state index contributed by atoms with van der Waals surface area (Å²) in [5.41, 5.74) is 5.82. The largest absolute Gasteiger partial charge is 0.401 e. The van der Waals surface area contributed by atoms with E-state index in [1.807, 2.05) is 4.90 Å². The van der Waals surface area contributed by atoms with Crippen LogP contribution in [0.5, 0.6) is 0 Å². The van der Waals surface area contributed by atoms with Crippen LogP contribution in [0.2, 0.25) is 26.2 Å². The van der Waals surface area contributed by atoms with Crippen LogP contribution in [0.4, 0.5) is 0 Å². The lowest BCUT2D eigenvalue weighted by Crippen LogP contribution is -2.54. The van der Waals surface area contributed by atoms with Crippen LogP contribution in [0.25, 0.3) is 0 Å². The Hall–Kier alpha value is -0.216. The van der Waals surface area contributed by atoms with Crippen LogP contribution in [-0.4, -0.2) is 47.9 Å². The Morgan fingerprint density at radius 1 is 0.885 bits per heavy atom. The van der Waals surface area contributed by atoms with Crippen LogP contribution in [0, 0.1) is 10.8 Å². The van der Waals surface area contributed by atoms with E-state index in [4.69, 9.17) is 14.6 Å². The summed E-state index contributed by atoms with van der Waals surface area (Å²) < 4.78 is 12.7. The third-order valence-corrected chi connectivity index (χ3v) is 5.42. The fraction of sp³-hybridized carbons (Fsp3) is 0.947. The van der Waals surface area contributed by atoms with E-state index in [2.05, 4.69) is 67.7 Å². The van der Waals surface area contributed by atoms with Crippen molar-refractivity contribution in [2.24, 2.45) is 16.6 Å². The maximum atomic E-state index is 13.1. The average molecular weight is 405 g/mol. The fourth-order valence-corrected chi connectivity index (χ4v) is 4.57. The number of amides is 1. The Morgan fingerprint density at radius 2 is 1.23 bits per heavy atom. The van der Waals surface area contributed by atoms with Gasteiger partial charge in [0.05, 0.1) is 0 Å². The van der Waals surface area contributed by atoms with Crippen molar-refractivity contribution in [3.63, 3.8) is 0 Å². The number of carbonyl (C=O) groups excluding carboxylic acids is 1. The Labute approximate surface area is 165 Å². The molecule has 7 heteroatoms. The number of hydrogen-bond donors (Lipinski definition) is 1. The molecule has 0 radical (unpaired) electrons. The number of carbonyl (C=O) groups is 1. The summed E-state index contributed by atoms with van der Waals surface area (Å²) in [6.07, 6.45) is 1.41. The van der Waals surface area contributed by atoms with Gasteiger partial charge in [0.1, 0.15) is 12.5 Å². The van der Waals surface area contributed by atoms with Crippen LogP contribution in [0.1, 0.15) is 60.8 Å². The summed E-state index contributed by atoms with van der Waals surface area (Å²) in [7, 11) is -2.67. The van der Waals surface area contributed by atoms with Gasteiger partial charge in [-0.1, -0.05) is 41.5 Å². The molecule has 0 rings (SSSR count). The second-order valence-corrected chi connectivity index (χ2v) is 14.9.